The van der Waals surface area contributed by atoms with E-state index in [4.69, 9.17) is 10.5 Å². The molecule has 0 aliphatic carbocycles. The SMILES string of the molecule is COC(=O)[C@@H]1C[C@@H](O)[C@@H](O)[C@@H]([C@H](O)CN)O1. The van der Waals surface area contributed by atoms with E-state index in [2.05, 4.69) is 4.74 Å². The van der Waals surface area contributed by atoms with Crippen molar-refractivity contribution in [3.8, 4) is 0 Å². The van der Waals surface area contributed by atoms with Gasteiger partial charge in [0.15, 0.2) is 6.10 Å². The van der Waals surface area contributed by atoms with E-state index in [1.165, 1.54) is 7.11 Å². The van der Waals surface area contributed by atoms with Crippen molar-refractivity contribution < 1.29 is 29.6 Å². The van der Waals surface area contributed by atoms with E-state index in [9.17, 15) is 20.1 Å². The number of methoxy groups -OCH3 is 1. The van der Waals surface area contributed by atoms with Crippen molar-refractivity contribution in [2.24, 2.45) is 5.73 Å². The summed E-state index contributed by atoms with van der Waals surface area (Å²) in [6.07, 6.45) is -5.70. The van der Waals surface area contributed by atoms with Crippen molar-refractivity contribution in [1.82, 2.24) is 0 Å². The van der Waals surface area contributed by atoms with Gasteiger partial charge in [-0.05, 0) is 0 Å². The van der Waals surface area contributed by atoms with Crippen molar-refractivity contribution in [2.75, 3.05) is 13.7 Å². The van der Waals surface area contributed by atoms with E-state index in [1.54, 1.807) is 0 Å². The number of carbonyl (C=O) groups is 1. The Morgan fingerprint density at radius 2 is 2.25 bits per heavy atom. The number of hydrogen-bond donors (Lipinski definition) is 4. The molecule has 1 fully saturated rings. The first kappa shape index (κ1) is 13.3. The number of aliphatic hydroxyl groups excluding tert-OH is 3. The van der Waals surface area contributed by atoms with Crippen LogP contribution in [0.5, 0.6) is 0 Å². The topological polar surface area (TPSA) is 122 Å². The summed E-state index contributed by atoms with van der Waals surface area (Å²) in [5, 5.41) is 28.6. The Balaban J connectivity index is 2.72. The number of esters is 1. The van der Waals surface area contributed by atoms with Gasteiger partial charge in [0, 0.05) is 13.0 Å². The lowest BCUT2D eigenvalue weighted by atomic mass is 9.94. The zero-order chi connectivity index (χ0) is 12.3. The quantitative estimate of drug-likeness (QED) is 0.394. The zero-order valence-electron chi connectivity index (χ0n) is 8.94. The van der Waals surface area contributed by atoms with Crippen LogP contribution in [0.2, 0.25) is 0 Å². The molecule has 16 heavy (non-hydrogen) atoms. The monoisotopic (exact) mass is 235 g/mol. The summed E-state index contributed by atoms with van der Waals surface area (Å²) >= 11 is 0. The van der Waals surface area contributed by atoms with Gasteiger partial charge in [-0.3, -0.25) is 0 Å². The largest absolute Gasteiger partial charge is 0.467 e. The molecule has 5 N–H and O–H groups in total. The summed E-state index contributed by atoms with van der Waals surface area (Å²) < 4.78 is 9.63. The fourth-order valence-corrected chi connectivity index (χ4v) is 1.64. The molecular weight excluding hydrogens is 218 g/mol. The van der Waals surface area contributed by atoms with E-state index in [1.807, 2.05) is 0 Å². The second kappa shape index (κ2) is 5.55. The molecule has 1 heterocycles. The van der Waals surface area contributed by atoms with Gasteiger partial charge in [-0.2, -0.15) is 0 Å². The minimum atomic E-state index is -1.26. The predicted molar refractivity (Wildman–Crippen MR) is 52.4 cm³/mol. The molecule has 0 aromatic rings. The van der Waals surface area contributed by atoms with Crippen LogP contribution in [0.15, 0.2) is 0 Å². The Morgan fingerprint density at radius 1 is 1.62 bits per heavy atom. The van der Waals surface area contributed by atoms with Crippen LogP contribution in [-0.2, 0) is 14.3 Å². The zero-order valence-corrected chi connectivity index (χ0v) is 8.94. The van der Waals surface area contributed by atoms with Gasteiger partial charge in [0.2, 0.25) is 0 Å². The second-order valence-electron chi connectivity index (χ2n) is 3.71. The molecule has 7 heteroatoms. The summed E-state index contributed by atoms with van der Waals surface area (Å²) in [7, 11) is 1.19. The van der Waals surface area contributed by atoms with Crippen molar-refractivity contribution >= 4 is 5.97 Å². The second-order valence-corrected chi connectivity index (χ2v) is 3.71. The van der Waals surface area contributed by atoms with Crippen LogP contribution < -0.4 is 5.73 Å². The highest BCUT2D eigenvalue weighted by atomic mass is 16.6. The van der Waals surface area contributed by atoms with E-state index < -0.39 is 36.5 Å². The number of rotatable bonds is 3. The first-order chi connectivity index (χ1) is 7.51. The molecule has 0 bridgehead atoms. The first-order valence-corrected chi connectivity index (χ1v) is 4.98. The van der Waals surface area contributed by atoms with Crippen LogP contribution >= 0.6 is 0 Å². The fourth-order valence-electron chi connectivity index (χ4n) is 1.64. The summed E-state index contributed by atoms with van der Waals surface area (Å²) in [6.45, 7) is -0.137. The van der Waals surface area contributed by atoms with E-state index in [-0.39, 0.29) is 13.0 Å². The Bertz CT molecular complexity index is 248. The van der Waals surface area contributed by atoms with Gasteiger partial charge >= 0.3 is 5.97 Å². The van der Waals surface area contributed by atoms with Gasteiger partial charge in [-0.15, -0.1) is 0 Å². The van der Waals surface area contributed by atoms with Crippen molar-refractivity contribution in [1.29, 1.82) is 0 Å². The highest BCUT2D eigenvalue weighted by molar-refractivity contribution is 5.74. The maximum atomic E-state index is 11.2. The molecule has 0 unspecified atom stereocenters. The van der Waals surface area contributed by atoms with Crippen LogP contribution in [0, 0.1) is 0 Å². The molecule has 0 aromatic carbocycles. The van der Waals surface area contributed by atoms with E-state index >= 15 is 0 Å². The molecule has 1 aliphatic rings. The van der Waals surface area contributed by atoms with Gasteiger partial charge < -0.3 is 30.5 Å². The van der Waals surface area contributed by atoms with E-state index in [0.29, 0.717) is 0 Å². The molecule has 0 spiro atoms. The number of ether oxygens (including phenoxy) is 2. The lowest BCUT2D eigenvalue weighted by Crippen LogP contribution is -2.56. The van der Waals surface area contributed by atoms with Crippen molar-refractivity contribution in [3.05, 3.63) is 0 Å². The van der Waals surface area contributed by atoms with Crippen LogP contribution in [-0.4, -0.2) is 65.5 Å². The smallest absolute Gasteiger partial charge is 0.335 e. The average Bonchev–Trinajstić information content (AvgIpc) is 2.30. The van der Waals surface area contributed by atoms with Gasteiger partial charge in [0.05, 0.1) is 19.3 Å². The standard InChI is InChI=1S/C9H17NO6/c1-15-9(14)6-2-4(11)7(13)8(16-6)5(12)3-10/h4-8,11-13H,2-3,10H2,1H3/t4-,5-,6+,7-,8-/m1/s1. The molecular formula is C9H17NO6. The fraction of sp³-hybridized carbons (Fsp3) is 0.889. The minimum Gasteiger partial charge on any atom is -0.467 e. The Morgan fingerprint density at radius 3 is 2.75 bits per heavy atom. The third-order valence-electron chi connectivity index (χ3n) is 2.59. The lowest BCUT2D eigenvalue weighted by molar-refractivity contribution is -0.209. The highest BCUT2D eigenvalue weighted by Gasteiger charge is 2.42. The maximum absolute atomic E-state index is 11.2. The van der Waals surface area contributed by atoms with Gasteiger partial charge in [0.1, 0.15) is 12.2 Å². The highest BCUT2D eigenvalue weighted by Crippen LogP contribution is 2.23. The first-order valence-electron chi connectivity index (χ1n) is 4.98. The molecule has 0 aromatic heterocycles. The van der Waals surface area contributed by atoms with Gasteiger partial charge in [-0.1, -0.05) is 0 Å². The Hall–Kier alpha value is -0.730. The Labute approximate surface area is 92.8 Å². The molecule has 94 valence electrons. The van der Waals surface area contributed by atoms with Crippen LogP contribution in [0.4, 0.5) is 0 Å². The lowest BCUT2D eigenvalue weighted by Gasteiger charge is -2.37. The van der Waals surface area contributed by atoms with Gasteiger partial charge in [-0.25, -0.2) is 4.79 Å². The minimum absolute atomic E-state index is 0.0678. The summed E-state index contributed by atoms with van der Waals surface area (Å²) in [6, 6.07) is 0. The molecule has 0 amide bonds. The molecule has 1 aliphatic heterocycles. The molecule has 1 saturated heterocycles. The van der Waals surface area contributed by atoms with Crippen LogP contribution in [0.25, 0.3) is 0 Å². The number of carbonyl (C=O) groups excluding carboxylic acids is 1. The normalized spacial score (nSPS) is 36.8. The van der Waals surface area contributed by atoms with E-state index in [0.717, 1.165) is 0 Å². The molecule has 1 rings (SSSR count). The van der Waals surface area contributed by atoms with Crippen molar-refractivity contribution in [3.63, 3.8) is 0 Å². The van der Waals surface area contributed by atoms with Crippen LogP contribution in [0.1, 0.15) is 6.42 Å². The summed E-state index contributed by atoms with van der Waals surface area (Å²) in [5.41, 5.74) is 5.23. The molecule has 0 radical (unpaired) electrons. The van der Waals surface area contributed by atoms with Crippen LogP contribution in [0.3, 0.4) is 0 Å². The predicted octanol–water partition coefficient (Wildman–Crippen LogP) is -2.64. The van der Waals surface area contributed by atoms with Crippen molar-refractivity contribution in [2.45, 2.75) is 36.9 Å². The number of aliphatic hydroxyl groups is 3. The molecule has 0 saturated carbocycles. The summed E-state index contributed by atoms with van der Waals surface area (Å²) in [4.78, 5) is 11.2. The maximum Gasteiger partial charge on any atom is 0.335 e. The number of nitrogens with two attached hydrogens (primary N) is 1. The number of hydrogen-bond acceptors (Lipinski definition) is 7. The third kappa shape index (κ3) is 2.69. The third-order valence-corrected chi connectivity index (χ3v) is 2.59. The summed E-state index contributed by atoms with van der Waals surface area (Å²) in [5.74, 6) is -0.653. The molecule has 5 atom stereocenters. The molecule has 7 nitrogen and oxygen atoms in total. The average molecular weight is 235 g/mol. The Kier molecular flexibility index (Phi) is 4.63. The van der Waals surface area contributed by atoms with Gasteiger partial charge in [0.25, 0.3) is 0 Å².